The summed E-state index contributed by atoms with van der Waals surface area (Å²) < 4.78 is 1.60. The van der Waals surface area contributed by atoms with Crippen LogP contribution >= 0.6 is 0 Å². The first kappa shape index (κ1) is 14.2. The number of amides is 1. The third-order valence-corrected chi connectivity index (χ3v) is 4.77. The van der Waals surface area contributed by atoms with Crippen molar-refractivity contribution in [1.29, 1.82) is 0 Å². The number of hydrogen-bond donors (Lipinski definition) is 1. The highest BCUT2D eigenvalue weighted by atomic mass is 16.1. The summed E-state index contributed by atoms with van der Waals surface area (Å²) >= 11 is 0. The van der Waals surface area contributed by atoms with Gasteiger partial charge in [-0.25, -0.2) is 4.68 Å². The van der Waals surface area contributed by atoms with Crippen LogP contribution in [-0.2, 0) is 4.79 Å². The van der Waals surface area contributed by atoms with Gasteiger partial charge < -0.3 is 10.2 Å². The standard InChI is InChI=1S/C16H20N6O/c23-16(12-4-3-5-12)18-14-10-13(22-11-17-19-20-22)6-7-15(14)21-8-1-2-9-21/h6-7,10-12H,1-5,8-9H2,(H,18,23). The van der Waals surface area contributed by atoms with Crippen LogP contribution in [0.3, 0.4) is 0 Å². The van der Waals surface area contributed by atoms with E-state index in [4.69, 9.17) is 0 Å². The molecule has 4 rings (SSSR count). The molecular formula is C16H20N6O. The lowest BCUT2D eigenvalue weighted by Gasteiger charge is -2.27. The molecule has 1 aliphatic heterocycles. The fourth-order valence-corrected chi connectivity index (χ4v) is 3.19. The van der Waals surface area contributed by atoms with E-state index in [0.717, 1.165) is 49.4 Å². The maximum atomic E-state index is 12.4. The molecule has 1 saturated heterocycles. The first-order valence-corrected chi connectivity index (χ1v) is 8.24. The van der Waals surface area contributed by atoms with Gasteiger partial charge in [0.05, 0.1) is 17.1 Å². The van der Waals surface area contributed by atoms with Gasteiger partial charge in [-0.05, 0) is 54.3 Å². The van der Waals surface area contributed by atoms with Gasteiger partial charge in [0, 0.05) is 19.0 Å². The molecule has 7 nitrogen and oxygen atoms in total. The molecule has 1 saturated carbocycles. The van der Waals surface area contributed by atoms with E-state index in [1.807, 2.05) is 12.1 Å². The van der Waals surface area contributed by atoms with Crippen LogP contribution in [-0.4, -0.2) is 39.2 Å². The lowest BCUT2D eigenvalue weighted by molar-refractivity contribution is -0.122. The second-order valence-corrected chi connectivity index (χ2v) is 6.27. The highest BCUT2D eigenvalue weighted by Crippen LogP contribution is 2.33. The number of nitrogens with zero attached hydrogens (tertiary/aromatic N) is 5. The van der Waals surface area contributed by atoms with Crippen molar-refractivity contribution >= 4 is 17.3 Å². The van der Waals surface area contributed by atoms with E-state index in [9.17, 15) is 4.79 Å². The summed E-state index contributed by atoms with van der Waals surface area (Å²) in [7, 11) is 0. The van der Waals surface area contributed by atoms with Crippen molar-refractivity contribution in [2.24, 2.45) is 5.92 Å². The van der Waals surface area contributed by atoms with Crippen molar-refractivity contribution in [2.45, 2.75) is 32.1 Å². The molecule has 7 heteroatoms. The summed E-state index contributed by atoms with van der Waals surface area (Å²) in [6, 6.07) is 6.00. The molecule has 0 spiro atoms. The maximum absolute atomic E-state index is 12.4. The van der Waals surface area contributed by atoms with E-state index in [1.54, 1.807) is 11.0 Å². The predicted molar refractivity (Wildman–Crippen MR) is 86.6 cm³/mol. The first-order valence-electron chi connectivity index (χ1n) is 8.24. The number of rotatable bonds is 4. The lowest BCUT2D eigenvalue weighted by atomic mass is 9.85. The monoisotopic (exact) mass is 312 g/mol. The fourth-order valence-electron chi connectivity index (χ4n) is 3.19. The molecule has 0 radical (unpaired) electrons. The summed E-state index contributed by atoms with van der Waals surface area (Å²) in [5.74, 6) is 0.295. The Morgan fingerprint density at radius 2 is 2.00 bits per heavy atom. The topological polar surface area (TPSA) is 75.9 Å². The number of anilines is 2. The van der Waals surface area contributed by atoms with E-state index in [0.29, 0.717) is 0 Å². The molecule has 1 N–H and O–H groups in total. The minimum atomic E-state index is 0.130. The Kier molecular flexibility index (Phi) is 3.69. The maximum Gasteiger partial charge on any atom is 0.227 e. The van der Waals surface area contributed by atoms with Gasteiger partial charge >= 0.3 is 0 Å². The predicted octanol–water partition coefficient (Wildman–Crippen LogP) is 2.00. The summed E-state index contributed by atoms with van der Waals surface area (Å²) in [6.07, 6.45) is 7.11. The van der Waals surface area contributed by atoms with Crippen LogP contribution in [0.15, 0.2) is 24.5 Å². The second-order valence-electron chi connectivity index (χ2n) is 6.27. The van der Waals surface area contributed by atoms with Crippen molar-refractivity contribution in [3.05, 3.63) is 24.5 Å². The molecule has 1 aromatic carbocycles. The van der Waals surface area contributed by atoms with Gasteiger partial charge in [0.15, 0.2) is 0 Å². The third-order valence-electron chi connectivity index (χ3n) is 4.77. The zero-order chi connectivity index (χ0) is 15.6. The zero-order valence-electron chi connectivity index (χ0n) is 13.0. The number of tetrazole rings is 1. The summed E-state index contributed by atoms with van der Waals surface area (Å²) in [5.41, 5.74) is 2.80. The minimum absolute atomic E-state index is 0.130. The minimum Gasteiger partial charge on any atom is -0.370 e. The van der Waals surface area contributed by atoms with Crippen LogP contribution in [0.2, 0.25) is 0 Å². The Balaban J connectivity index is 1.65. The molecule has 23 heavy (non-hydrogen) atoms. The van der Waals surface area contributed by atoms with E-state index in [1.165, 1.54) is 12.8 Å². The third kappa shape index (κ3) is 2.78. The van der Waals surface area contributed by atoms with Crippen molar-refractivity contribution in [1.82, 2.24) is 20.2 Å². The molecule has 2 aromatic rings. The molecule has 0 unspecified atom stereocenters. The molecule has 2 fully saturated rings. The number of carbonyl (C=O) groups excluding carboxylic acids is 1. The number of nitrogens with one attached hydrogen (secondary N) is 1. The average molecular weight is 312 g/mol. The van der Waals surface area contributed by atoms with Crippen LogP contribution < -0.4 is 10.2 Å². The Labute approximate surface area is 134 Å². The van der Waals surface area contributed by atoms with Crippen LogP contribution in [0.4, 0.5) is 11.4 Å². The zero-order valence-corrected chi connectivity index (χ0v) is 13.0. The Bertz CT molecular complexity index is 689. The molecule has 0 bridgehead atoms. The number of aromatic nitrogens is 4. The fraction of sp³-hybridized carbons (Fsp3) is 0.500. The molecule has 120 valence electrons. The van der Waals surface area contributed by atoms with Crippen molar-refractivity contribution < 1.29 is 4.79 Å². The summed E-state index contributed by atoms with van der Waals surface area (Å²) in [4.78, 5) is 14.7. The van der Waals surface area contributed by atoms with Crippen LogP contribution in [0.5, 0.6) is 0 Å². The highest BCUT2D eigenvalue weighted by Gasteiger charge is 2.26. The molecule has 1 aromatic heterocycles. The normalized spacial score (nSPS) is 18.0. The molecule has 2 heterocycles. The highest BCUT2D eigenvalue weighted by molar-refractivity contribution is 5.96. The Hall–Kier alpha value is -2.44. The van der Waals surface area contributed by atoms with E-state index >= 15 is 0 Å². The Morgan fingerprint density at radius 3 is 2.65 bits per heavy atom. The number of hydrogen-bond acceptors (Lipinski definition) is 5. The van der Waals surface area contributed by atoms with Gasteiger partial charge in [-0.15, -0.1) is 5.10 Å². The van der Waals surface area contributed by atoms with E-state index in [2.05, 4.69) is 31.8 Å². The van der Waals surface area contributed by atoms with Gasteiger partial charge in [0.1, 0.15) is 6.33 Å². The second kappa shape index (κ2) is 5.98. The van der Waals surface area contributed by atoms with Crippen molar-refractivity contribution in [3.8, 4) is 5.69 Å². The summed E-state index contributed by atoms with van der Waals surface area (Å²) in [5, 5.41) is 14.4. The lowest BCUT2D eigenvalue weighted by Crippen LogP contribution is -2.29. The van der Waals surface area contributed by atoms with Gasteiger partial charge in [0.2, 0.25) is 5.91 Å². The number of benzene rings is 1. The van der Waals surface area contributed by atoms with Gasteiger partial charge in [-0.2, -0.15) is 0 Å². The van der Waals surface area contributed by atoms with E-state index < -0.39 is 0 Å². The first-order chi connectivity index (χ1) is 11.3. The molecule has 1 aliphatic carbocycles. The molecular weight excluding hydrogens is 292 g/mol. The van der Waals surface area contributed by atoms with Gasteiger partial charge in [0.25, 0.3) is 0 Å². The number of carbonyl (C=O) groups is 1. The quantitative estimate of drug-likeness (QED) is 0.934. The van der Waals surface area contributed by atoms with Gasteiger partial charge in [-0.1, -0.05) is 6.42 Å². The summed E-state index contributed by atoms with van der Waals surface area (Å²) in [6.45, 7) is 2.08. The largest absolute Gasteiger partial charge is 0.370 e. The van der Waals surface area contributed by atoms with Crippen molar-refractivity contribution in [2.75, 3.05) is 23.3 Å². The van der Waals surface area contributed by atoms with E-state index in [-0.39, 0.29) is 11.8 Å². The van der Waals surface area contributed by atoms with Gasteiger partial charge in [-0.3, -0.25) is 4.79 Å². The molecule has 1 amide bonds. The molecule has 2 aliphatic rings. The van der Waals surface area contributed by atoms with Crippen LogP contribution in [0.25, 0.3) is 5.69 Å². The van der Waals surface area contributed by atoms with Crippen molar-refractivity contribution in [3.63, 3.8) is 0 Å². The average Bonchev–Trinajstić information content (AvgIpc) is 3.19. The van der Waals surface area contributed by atoms with Crippen LogP contribution in [0.1, 0.15) is 32.1 Å². The van der Waals surface area contributed by atoms with Crippen LogP contribution in [0, 0.1) is 5.92 Å². The molecule has 0 atom stereocenters. The smallest absolute Gasteiger partial charge is 0.227 e. The Morgan fingerprint density at radius 1 is 1.17 bits per heavy atom. The SMILES string of the molecule is O=C(Nc1cc(-n2cnnn2)ccc1N1CCCC1)C1CCC1.